The first-order chi connectivity index (χ1) is 10.1. The van der Waals surface area contributed by atoms with Crippen molar-refractivity contribution in [1.82, 2.24) is 4.72 Å². The summed E-state index contributed by atoms with van der Waals surface area (Å²) < 4.78 is 27.5. The van der Waals surface area contributed by atoms with Crippen LogP contribution >= 0.6 is 11.8 Å². The van der Waals surface area contributed by atoms with Gasteiger partial charge >= 0.3 is 0 Å². The van der Waals surface area contributed by atoms with Crippen molar-refractivity contribution >= 4 is 21.8 Å². The highest BCUT2D eigenvalue weighted by Crippen LogP contribution is 2.19. The van der Waals surface area contributed by atoms with Crippen molar-refractivity contribution in [2.75, 3.05) is 18.1 Å². The average Bonchev–Trinajstić information content (AvgIpc) is 2.48. The van der Waals surface area contributed by atoms with Crippen molar-refractivity contribution in [1.29, 1.82) is 0 Å². The minimum absolute atomic E-state index is 0.00619. The molecule has 114 valence electrons. The average molecular weight is 325 g/mol. The van der Waals surface area contributed by atoms with Crippen LogP contribution in [-0.4, -0.2) is 37.7 Å². The fourth-order valence-corrected chi connectivity index (χ4v) is 4.52. The van der Waals surface area contributed by atoms with Crippen LogP contribution in [0.4, 0.5) is 0 Å². The Kier molecular flexibility index (Phi) is 6.12. The van der Waals surface area contributed by atoms with Crippen molar-refractivity contribution in [2.24, 2.45) is 0 Å². The van der Waals surface area contributed by atoms with Gasteiger partial charge in [-0.1, -0.05) is 17.9 Å². The lowest BCUT2D eigenvalue weighted by atomic mass is 10.2. The first-order valence-corrected chi connectivity index (χ1v) is 9.55. The van der Waals surface area contributed by atoms with E-state index in [9.17, 15) is 8.42 Å². The van der Waals surface area contributed by atoms with E-state index < -0.39 is 10.0 Å². The highest BCUT2D eigenvalue weighted by atomic mass is 32.2. The van der Waals surface area contributed by atoms with Crippen LogP contribution in [0.5, 0.6) is 0 Å². The number of hydrogen-bond donors (Lipinski definition) is 2. The number of hydrogen-bond acceptors (Lipinski definition) is 4. The molecule has 0 aliphatic carbocycles. The summed E-state index contributed by atoms with van der Waals surface area (Å²) in [5, 5.41) is 8.70. The molecule has 0 saturated carbocycles. The van der Waals surface area contributed by atoms with Gasteiger partial charge in [0.05, 0.1) is 11.5 Å². The zero-order chi connectivity index (χ0) is 15.1. The van der Waals surface area contributed by atoms with E-state index in [4.69, 9.17) is 5.11 Å². The van der Waals surface area contributed by atoms with E-state index in [1.54, 1.807) is 24.3 Å². The molecule has 0 bridgehead atoms. The van der Waals surface area contributed by atoms with Crippen LogP contribution in [-0.2, 0) is 10.0 Å². The van der Waals surface area contributed by atoms with Gasteiger partial charge in [0.15, 0.2) is 0 Å². The van der Waals surface area contributed by atoms with E-state index in [2.05, 4.69) is 16.6 Å². The summed E-state index contributed by atoms with van der Waals surface area (Å²) >= 11 is 1.86. The Morgan fingerprint density at radius 1 is 1.33 bits per heavy atom. The molecule has 0 amide bonds. The molecule has 1 aromatic carbocycles. The molecule has 0 atom stereocenters. The maximum atomic E-state index is 12.4. The summed E-state index contributed by atoms with van der Waals surface area (Å²) in [5.41, 5.74) is 0.644. The van der Waals surface area contributed by atoms with Crippen LogP contribution in [0.1, 0.15) is 24.8 Å². The van der Waals surface area contributed by atoms with E-state index in [-0.39, 0.29) is 17.5 Å². The van der Waals surface area contributed by atoms with Gasteiger partial charge in [-0.25, -0.2) is 13.1 Å². The molecular weight excluding hydrogens is 306 g/mol. The van der Waals surface area contributed by atoms with Gasteiger partial charge in [0, 0.05) is 18.0 Å². The maximum Gasteiger partial charge on any atom is 0.240 e. The largest absolute Gasteiger partial charge is 0.395 e. The number of aliphatic hydroxyl groups excluding tert-OH is 1. The molecule has 1 fully saturated rings. The second-order valence-corrected chi connectivity index (χ2v) is 7.75. The minimum Gasteiger partial charge on any atom is -0.395 e. The van der Waals surface area contributed by atoms with Crippen molar-refractivity contribution in [3.63, 3.8) is 0 Å². The van der Waals surface area contributed by atoms with Crippen LogP contribution in [0, 0.1) is 11.8 Å². The second kappa shape index (κ2) is 7.85. The molecule has 1 saturated heterocycles. The quantitative estimate of drug-likeness (QED) is 0.825. The van der Waals surface area contributed by atoms with Crippen LogP contribution < -0.4 is 4.72 Å². The standard InChI is InChI=1S/C15H19NO3S2/c17-9-2-1-4-13-5-3-6-15(12-13)21(18,19)16-14-7-10-20-11-8-14/h3,5-6,12,14,16-17H,2,7-11H2. The van der Waals surface area contributed by atoms with Gasteiger partial charge in [-0.15, -0.1) is 0 Å². The Balaban J connectivity index is 2.12. The topological polar surface area (TPSA) is 66.4 Å². The lowest BCUT2D eigenvalue weighted by Gasteiger charge is -2.22. The summed E-state index contributed by atoms with van der Waals surface area (Å²) in [6.07, 6.45) is 2.13. The Morgan fingerprint density at radius 2 is 2.10 bits per heavy atom. The van der Waals surface area contributed by atoms with Crippen LogP contribution in [0.2, 0.25) is 0 Å². The molecule has 2 rings (SSSR count). The molecule has 2 N–H and O–H groups in total. The molecule has 1 aliphatic rings. The molecule has 0 unspecified atom stereocenters. The number of sulfonamides is 1. The summed E-state index contributed by atoms with van der Waals surface area (Å²) in [6.45, 7) is 0.00619. The van der Waals surface area contributed by atoms with E-state index in [1.807, 2.05) is 11.8 Å². The van der Waals surface area contributed by atoms with Crippen LogP contribution in [0.15, 0.2) is 29.2 Å². The second-order valence-electron chi connectivity index (χ2n) is 4.81. The summed E-state index contributed by atoms with van der Waals surface area (Å²) in [7, 11) is -3.49. The van der Waals surface area contributed by atoms with Gasteiger partial charge in [0.2, 0.25) is 10.0 Å². The van der Waals surface area contributed by atoms with E-state index >= 15 is 0 Å². The Bertz CT molecular complexity index is 626. The van der Waals surface area contributed by atoms with Gasteiger partial charge in [-0.2, -0.15) is 11.8 Å². The number of thioether (sulfide) groups is 1. The molecule has 0 spiro atoms. The monoisotopic (exact) mass is 325 g/mol. The Morgan fingerprint density at radius 3 is 2.81 bits per heavy atom. The Labute approximate surface area is 130 Å². The van der Waals surface area contributed by atoms with Gasteiger partial charge < -0.3 is 5.11 Å². The third-order valence-electron chi connectivity index (χ3n) is 3.16. The minimum atomic E-state index is -3.49. The fourth-order valence-electron chi connectivity index (χ4n) is 2.06. The zero-order valence-electron chi connectivity index (χ0n) is 11.7. The SMILES string of the molecule is O=S(=O)(NC1CCSCC1)c1cccc(C#CCCO)c1. The molecule has 0 radical (unpaired) electrons. The molecule has 1 heterocycles. The predicted molar refractivity (Wildman–Crippen MR) is 85.7 cm³/mol. The maximum absolute atomic E-state index is 12.4. The van der Waals surface area contributed by atoms with E-state index in [0.29, 0.717) is 12.0 Å². The first-order valence-electron chi connectivity index (χ1n) is 6.92. The van der Waals surface area contributed by atoms with Crippen molar-refractivity contribution in [3.8, 4) is 11.8 Å². The number of nitrogens with one attached hydrogen (secondary N) is 1. The Hall–Kier alpha value is -1.00. The lowest BCUT2D eigenvalue weighted by Crippen LogP contribution is -2.37. The van der Waals surface area contributed by atoms with Crippen molar-refractivity contribution in [2.45, 2.75) is 30.2 Å². The third-order valence-corrected chi connectivity index (χ3v) is 5.72. The molecule has 1 aromatic rings. The number of aliphatic hydroxyl groups is 1. The number of benzene rings is 1. The number of rotatable bonds is 4. The molecule has 1 aliphatic heterocycles. The fraction of sp³-hybridized carbons (Fsp3) is 0.467. The van der Waals surface area contributed by atoms with Crippen LogP contribution in [0.25, 0.3) is 0 Å². The van der Waals surface area contributed by atoms with Crippen LogP contribution in [0.3, 0.4) is 0 Å². The van der Waals surface area contributed by atoms with Crippen molar-refractivity contribution in [3.05, 3.63) is 29.8 Å². The van der Waals surface area contributed by atoms with Crippen molar-refractivity contribution < 1.29 is 13.5 Å². The summed E-state index contributed by atoms with van der Waals surface area (Å²) in [6, 6.07) is 6.64. The van der Waals surface area contributed by atoms with Gasteiger partial charge in [0.1, 0.15) is 0 Å². The molecule has 21 heavy (non-hydrogen) atoms. The van der Waals surface area contributed by atoms with E-state index in [1.165, 1.54) is 0 Å². The third kappa shape index (κ3) is 5.04. The normalized spacial score (nSPS) is 16.2. The van der Waals surface area contributed by atoms with E-state index in [0.717, 1.165) is 24.3 Å². The lowest BCUT2D eigenvalue weighted by molar-refractivity contribution is 0.305. The van der Waals surface area contributed by atoms with Gasteiger partial charge in [-0.05, 0) is 42.5 Å². The zero-order valence-corrected chi connectivity index (χ0v) is 13.3. The highest BCUT2D eigenvalue weighted by Gasteiger charge is 2.21. The predicted octanol–water partition coefficient (Wildman–Crippen LogP) is 1.59. The molecule has 4 nitrogen and oxygen atoms in total. The van der Waals surface area contributed by atoms with Gasteiger partial charge in [0.25, 0.3) is 0 Å². The first kappa shape index (κ1) is 16.4. The smallest absolute Gasteiger partial charge is 0.240 e. The molecule has 0 aromatic heterocycles. The highest BCUT2D eigenvalue weighted by molar-refractivity contribution is 7.99. The summed E-state index contributed by atoms with van der Waals surface area (Å²) in [4.78, 5) is 0.247. The summed E-state index contributed by atoms with van der Waals surface area (Å²) in [5.74, 6) is 7.65. The van der Waals surface area contributed by atoms with Gasteiger partial charge in [-0.3, -0.25) is 0 Å². The molecule has 6 heteroatoms. The molecular formula is C15H19NO3S2.